The molecule has 8 aromatic rings. The van der Waals surface area contributed by atoms with Gasteiger partial charge in [-0.15, -0.1) is 0 Å². The van der Waals surface area contributed by atoms with E-state index < -0.39 is 73.2 Å². The number of amides is 2. The number of ether oxygens (including phenoxy) is 10. The molecule has 0 saturated carbocycles. The monoisotopic (exact) mass is 1210 g/mol. The second-order valence-corrected chi connectivity index (χ2v) is 21.6. The first-order chi connectivity index (χ1) is 43.6. The molecule has 6 aromatic carbocycles. The highest BCUT2D eigenvalue weighted by molar-refractivity contribution is 5.97. The minimum atomic E-state index is -1.47. The van der Waals surface area contributed by atoms with Gasteiger partial charge in [-0.25, -0.2) is 24.5 Å². The van der Waals surface area contributed by atoms with Crippen LogP contribution in [0.2, 0.25) is 0 Å². The number of hydrogen-bond donors (Lipinski definition) is 2. The van der Waals surface area contributed by atoms with E-state index in [2.05, 4.69) is 25.6 Å². The van der Waals surface area contributed by atoms with Crippen LogP contribution in [0.4, 0.5) is 10.6 Å². The third kappa shape index (κ3) is 19.1. The topological polar surface area (TPSA) is 211 Å². The van der Waals surface area contributed by atoms with Crippen LogP contribution in [-0.4, -0.2) is 105 Å². The highest BCUT2D eigenvalue weighted by atomic mass is 16.7. The number of benzene rings is 6. The summed E-state index contributed by atoms with van der Waals surface area (Å²) in [6.45, 7) is 10.9. The van der Waals surface area contributed by atoms with Crippen LogP contribution in [0.15, 0.2) is 195 Å². The number of anilines is 1. The van der Waals surface area contributed by atoms with E-state index in [1.807, 2.05) is 198 Å². The van der Waals surface area contributed by atoms with Gasteiger partial charge < -0.3 is 52.7 Å². The lowest BCUT2D eigenvalue weighted by atomic mass is 10.0. The minimum Gasteiger partial charge on any atom is -0.460 e. The Morgan fingerprint density at radius 3 is 1.58 bits per heavy atom. The molecular formula is C70H80N6O13. The second-order valence-electron chi connectivity index (χ2n) is 21.6. The number of nitrogens with one attached hydrogen (secondary N) is 2. The molecule has 0 bridgehead atoms. The third-order valence-electron chi connectivity index (χ3n) is 15.1. The summed E-state index contributed by atoms with van der Waals surface area (Å²) in [7, 11) is 0. The Morgan fingerprint density at radius 1 is 0.584 bits per heavy atom. The summed E-state index contributed by atoms with van der Waals surface area (Å²) < 4.78 is 65.8. The molecule has 2 fully saturated rings. The normalized spacial score (nSPS) is 20.9. The average molecular weight is 1210 g/mol. The first-order valence-electron chi connectivity index (χ1n) is 30.5. The fraction of sp³-hybridized carbons (Fsp3) is 0.371. The SMILES string of the molecule is CC.CC1OC(O[C@H](C)CCC(=O)O[C@H](C)[C@H](NC(=O)Nc2ncnc3c2ncn3C2OCC(OCc3ccccc3)C(OCc3ccccc3)C2OCc2ccccc2)C(=O)OCc2ccccc2)[C@@H](OCc2ccccc2)C[C@H]1OCc1ccccc1. The molecule has 11 atom stereocenters. The highest BCUT2D eigenvalue weighted by Crippen LogP contribution is 2.35. The molecule has 10 rings (SSSR count). The van der Waals surface area contributed by atoms with Crippen LogP contribution in [-0.2, 0) is 96.6 Å². The standard InChI is InChI=1S/C68H74N6O13.C2H6/c1-46(85-67-56(79-38-50-24-12-5-13-25-50)36-55(47(2)87-67)78-37-49-22-10-4-11-23-49)34-35-58(75)86-48(3)59(66(76)84-42-54-32-20-9-21-33-54)72-68(77)73-63-60-64(70-44-69-63)74(45-71-60)65-62(82-41-53-30-18-8-19-31-53)61(81-40-52-28-16-7-17-29-52)57(43-83-65)80-39-51-26-14-6-15-27-51;1-2/h4-33,44-48,55-57,59,61-62,65,67H,34-43H2,1-3H3,(H2,69,70,72,73,77);1-2H3/t46-,47?,48-,55-,56+,57?,59+,61?,62?,65?,67?;/m1./s1. The van der Waals surface area contributed by atoms with Gasteiger partial charge in [0.15, 0.2) is 35.5 Å². The van der Waals surface area contributed by atoms with Gasteiger partial charge in [0.25, 0.3) is 0 Å². The molecule has 6 unspecified atom stereocenters. The van der Waals surface area contributed by atoms with E-state index in [0.717, 1.165) is 27.8 Å². The number of nitrogens with zero attached hydrogens (tertiary/aromatic N) is 4. The summed E-state index contributed by atoms with van der Waals surface area (Å²) in [5.74, 6) is -1.46. The predicted molar refractivity (Wildman–Crippen MR) is 333 cm³/mol. The van der Waals surface area contributed by atoms with E-state index in [0.29, 0.717) is 37.5 Å². The fourth-order valence-electron chi connectivity index (χ4n) is 10.3. The van der Waals surface area contributed by atoms with Crippen LogP contribution in [0.1, 0.15) is 93.5 Å². The minimum absolute atomic E-state index is 0.0177. The van der Waals surface area contributed by atoms with Crippen molar-refractivity contribution in [1.82, 2.24) is 24.8 Å². The van der Waals surface area contributed by atoms with Crippen LogP contribution >= 0.6 is 0 Å². The second kappa shape index (κ2) is 33.9. The first-order valence-corrected chi connectivity index (χ1v) is 30.5. The summed E-state index contributed by atoms with van der Waals surface area (Å²) >= 11 is 0. The van der Waals surface area contributed by atoms with Gasteiger partial charge in [0, 0.05) is 12.8 Å². The van der Waals surface area contributed by atoms with Gasteiger partial charge >= 0.3 is 18.0 Å². The summed E-state index contributed by atoms with van der Waals surface area (Å²) in [5, 5.41) is 5.42. The van der Waals surface area contributed by atoms with Crippen LogP contribution in [0.3, 0.4) is 0 Å². The molecule has 2 aromatic heterocycles. The summed E-state index contributed by atoms with van der Waals surface area (Å²) in [4.78, 5) is 55.6. The first kappa shape index (κ1) is 65.2. The van der Waals surface area contributed by atoms with Crippen LogP contribution < -0.4 is 10.6 Å². The maximum Gasteiger partial charge on any atom is 0.332 e. The Kier molecular flexibility index (Phi) is 24.9. The smallest absolute Gasteiger partial charge is 0.332 e. The number of hydrogen-bond acceptors (Lipinski definition) is 16. The Hall–Kier alpha value is -8.24. The number of carbonyl (C=O) groups excluding carboxylic acids is 3. The number of urea groups is 1. The zero-order chi connectivity index (χ0) is 62.2. The molecular weight excluding hydrogens is 1130 g/mol. The Balaban J connectivity index is 0.00000466. The zero-order valence-electron chi connectivity index (χ0n) is 51.0. The van der Waals surface area contributed by atoms with Gasteiger partial charge in [0.2, 0.25) is 0 Å². The molecule has 4 heterocycles. The molecule has 2 N–H and O–H groups in total. The van der Waals surface area contributed by atoms with Gasteiger partial charge in [0.05, 0.1) is 64.3 Å². The molecule has 19 heteroatoms. The van der Waals surface area contributed by atoms with Crippen molar-refractivity contribution in [3.05, 3.63) is 228 Å². The van der Waals surface area contributed by atoms with Crippen molar-refractivity contribution >= 4 is 35.0 Å². The van der Waals surface area contributed by atoms with Gasteiger partial charge in [-0.2, -0.15) is 0 Å². The predicted octanol–water partition coefficient (Wildman–Crippen LogP) is 11.8. The largest absolute Gasteiger partial charge is 0.460 e. The van der Waals surface area contributed by atoms with Crippen LogP contribution in [0.5, 0.6) is 0 Å². The van der Waals surface area contributed by atoms with E-state index >= 15 is 0 Å². The van der Waals surface area contributed by atoms with Gasteiger partial charge in [-0.1, -0.05) is 196 Å². The molecule has 2 saturated heterocycles. The van der Waals surface area contributed by atoms with Crippen molar-refractivity contribution in [2.45, 2.75) is 161 Å². The molecule has 468 valence electrons. The molecule has 19 nitrogen and oxygen atoms in total. The quantitative estimate of drug-likeness (QED) is 0.0437. The summed E-state index contributed by atoms with van der Waals surface area (Å²) in [6.07, 6.45) is -2.82. The molecule has 0 aliphatic carbocycles. The lowest BCUT2D eigenvalue weighted by molar-refractivity contribution is -0.290. The number of aromatic nitrogens is 4. The number of carbonyl (C=O) groups is 3. The van der Waals surface area contributed by atoms with Crippen molar-refractivity contribution in [3.8, 4) is 0 Å². The van der Waals surface area contributed by atoms with E-state index in [1.54, 1.807) is 23.0 Å². The van der Waals surface area contributed by atoms with E-state index in [-0.39, 0.29) is 62.8 Å². The van der Waals surface area contributed by atoms with Gasteiger partial charge in [-0.3, -0.25) is 14.7 Å². The van der Waals surface area contributed by atoms with Crippen molar-refractivity contribution in [3.63, 3.8) is 0 Å². The van der Waals surface area contributed by atoms with E-state index in [1.165, 1.54) is 13.3 Å². The maximum atomic E-state index is 14.2. The van der Waals surface area contributed by atoms with Crippen molar-refractivity contribution in [2.24, 2.45) is 0 Å². The zero-order valence-corrected chi connectivity index (χ0v) is 51.0. The highest BCUT2D eigenvalue weighted by Gasteiger charge is 2.45. The third-order valence-corrected chi connectivity index (χ3v) is 15.1. The lowest BCUT2D eigenvalue weighted by Crippen LogP contribution is -2.54. The molecule has 0 spiro atoms. The molecule has 0 radical (unpaired) electrons. The summed E-state index contributed by atoms with van der Waals surface area (Å²) in [5.41, 5.74) is 6.17. The van der Waals surface area contributed by atoms with E-state index in [4.69, 9.17) is 47.4 Å². The molecule has 2 aliphatic rings. The number of fused-ring (bicyclic) bond motifs is 1. The summed E-state index contributed by atoms with van der Waals surface area (Å²) in [6, 6.07) is 56.1. The molecule has 2 aliphatic heterocycles. The molecule has 89 heavy (non-hydrogen) atoms. The Morgan fingerprint density at radius 2 is 1.06 bits per heavy atom. The average Bonchev–Trinajstić information content (AvgIpc) is 2.39. The van der Waals surface area contributed by atoms with Crippen molar-refractivity contribution < 1.29 is 61.8 Å². The molecule has 2 amide bonds. The van der Waals surface area contributed by atoms with Gasteiger partial charge in [0.1, 0.15) is 43.5 Å². The van der Waals surface area contributed by atoms with Gasteiger partial charge in [-0.05, 0) is 60.6 Å². The Bertz CT molecular complexity index is 3370. The maximum absolute atomic E-state index is 14.2. The van der Waals surface area contributed by atoms with Crippen LogP contribution in [0.25, 0.3) is 11.2 Å². The number of rotatable bonds is 28. The lowest BCUT2D eigenvalue weighted by Gasteiger charge is -2.42. The fourth-order valence-corrected chi connectivity index (χ4v) is 10.3. The van der Waals surface area contributed by atoms with Crippen LogP contribution in [0, 0.1) is 0 Å². The Labute approximate surface area is 520 Å². The number of esters is 2. The van der Waals surface area contributed by atoms with Crippen molar-refractivity contribution in [1.29, 1.82) is 0 Å². The van der Waals surface area contributed by atoms with Crippen molar-refractivity contribution in [2.75, 3.05) is 11.9 Å². The van der Waals surface area contributed by atoms with E-state index in [9.17, 15) is 14.4 Å². The number of imidazole rings is 1.